The van der Waals surface area contributed by atoms with Crippen LogP contribution in [0.3, 0.4) is 0 Å². The van der Waals surface area contributed by atoms with Crippen LogP contribution in [0.5, 0.6) is 11.5 Å². The maximum Gasteiger partial charge on any atom is 0.326 e. The highest BCUT2D eigenvalue weighted by Crippen LogP contribution is 2.48. The number of thioether (sulfide) groups is 1. The lowest BCUT2D eigenvalue weighted by Gasteiger charge is -2.46. The van der Waals surface area contributed by atoms with Crippen molar-refractivity contribution in [2.45, 2.75) is 56.1 Å². The fraction of sp³-hybridized carbons (Fsp3) is 0.407. The van der Waals surface area contributed by atoms with Crippen molar-refractivity contribution in [3.63, 3.8) is 0 Å². The first kappa shape index (κ1) is 23.4. The van der Waals surface area contributed by atoms with E-state index in [1.54, 1.807) is 0 Å². The molecule has 2 saturated heterocycles. The largest absolute Gasteiger partial charge is 0.457 e. The molecule has 188 valence electrons. The van der Waals surface area contributed by atoms with Crippen molar-refractivity contribution in [2.24, 2.45) is 11.7 Å². The molecule has 3 heterocycles. The van der Waals surface area contributed by atoms with Gasteiger partial charge in [0.05, 0.1) is 16.3 Å². The van der Waals surface area contributed by atoms with E-state index in [0.717, 1.165) is 60.7 Å². The van der Waals surface area contributed by atoms with E-state index in [4.69, 9.17) is 10.5 Å². The highest BCUT2D eigenvalue weighted by molar-refractivity contribution is 8.04. The molecule has 0 radical (unpaired) electrons. The molecule has 9 heteroatoms. The van der Waals surface area contributed by atoms with Gasteiger partial charge < -0.3 is 26.4 Å². The van der Waals surface area contributed by atoms with Crippen molar-refractivity contribution in [3.05, 3.63) is 64.7 Å². The quantitative estimate of drug-likeness (QED) is 0.495. The number of carbonyl (C=O) groups is 2. The molecule has 2 aromatic rings. The zero-order valence-electron chi connectivity index (χ0n) is 20.2. The Morgan fingerprint density at radius 3 is 2.72 bits per heavy atom. The molecular formula is C27H31N5O3S. The van der Waals surface area contributed by atoms with Gasteiger partial charge in [-0.25, -0.2) is 4.79 Å². The van der Waals surface area contributed by atoms with Gasteiger partial charge in [-0.05, 0) is 75.0 Å². The summed E-state index contributed by atoms with van der Waals surface area (Å²) >= 11 is 1.53. The van der Waals surface area contributed by atoms with Crippen LogP contribution in [0, 0.1) is 12.8 Å². The summed E-state index contributed by atoms with van der Waals surface area (Å²) in [5.41, 5.74) is 8.74. The second kappa shape index (κ2) is 9.46. The molecule has 3 amide bonds. The molecule has 4 aliphatic rings. The molecular weight excluding hydrogens is 474 g/mol. The summed E-state index contributed by atoms with van der Waals surface area (Å²) in [6.45, 7) is 2.78. The topological polar surface area (TPSA) is 109 Å². The van der Waals surface area contributed by atoms with Gasteiger partial charge in [0.2, 0.25) is 0 Å². The highest BCUT2D eigenvalue weighted by Gasteiger charge is 2.52. The Labute approximate surface area is 215 Å². The minimum atomic E-state index is -0.197. The number of ether oxygens (including phenoxy) is 1. The number of nitrogens with two attached hydrogens (primary N) is 1. The minimum absolute atomic E-state index is 0.00681. The standard InChI is InChI=1S/C27H31N5O3S/c1-15-14-17(35-16-6-3-2-4-7-16)10-11-20(15)32-21-12-13-29-26-22(21)23(31-27(32)34)24(36-26)25(33)30-19-9-5-8-18(19)28/h2-4,6-7,10-11,14,18-19,21-22,26,29H,5,8-9,12-13,28H2,1H3,(H,30,33)(H,31,34)/t18-,19-,21?,22?,26?/m1/s1. The van der Waals surface area contributed by atoms with Crippen LogP contribution in [-0.4, -0.2) is 42.0 Å². The molecule has 1 aliphatic carbocycles. The fourth-order valence-electron chi connectivity index (χ4n) is 5.89. The highest BCUT2D eigenvalue weighted by atomic mass is 32.2. The zero-order chi connectivity index (χ0) is 24.8. The summed E-state index contributed by atoms with van der Waals surface area (Å²) < 4.78 is 5.99. The predicted octanol–water partition coefficient (Wildman–Crippen LogP) is 3.58. The summed E-state index contributed by atoms with van der Waals surface area (Å²) in [5.74, 6) is 1.38. The molecule has 6 rings (SSSR count). The number of aryl methyl sites for hydroxylation is 1. The average Bonchev–Trinajstić information content (AvgIpc) is 3.45. The molecule has 3 aliphatic heterocycles. The Bertz CT molecular complexity index is 1220. The SMILES string of the molecule is Cc1cc(Oc2ccccc2)ccc1N1C(=O)NC2=C(C(=O)N[C@@H]3CCC[C@H]3N)SC3NCCC1C23. The lowest BCUT2D eigenvalue weighted by Crippen LogP contribution is -2.62. The normalized spacial score (nSPS) is 29.1. The minimum Gasteiger partial charge on any atom is -0.457 e. The van der Waals surface area contributed by atoms with Gasteiger partial charge in [-0.3, -0.25) is 9.69 Å². The van der Waals surface area contributed by atoms with E-state index in [1.165, 1.54) is 11.8 Å². The van der Waals surface area contributed by atoms with Crippen molar-refractivity contribution >= 4 is 29.4 Å². The van der Waals surface area contributed by atoms with Crippen molar-refractivity contribution in [3.8, 4) is 11.5 Å². The van der Waals surface area contributed by atoms with E-state index in [-0.39, 0.29) is 41.4 Å². The summed E-state index contributed by atoms with van der Waals surface area (Å²) in [5, 5.41) is 9.81. The van der Waals surface area contributed by atoms with Gasteiger partial charge in [-0.1, -0.05) is 30.0 Å². The molecule has 5 N–H and O–H groups in total. The first-order chi connectivity index (χ1) is 17.5. The number of nitrogens with zero attached hydrogens (tertiary/aromatic N) is 1. The molecule has 1 saturated carbocycles. The van der Waals surface area contributed by atoms with E-state index in [1.807, 2.05) is 60.4 Å². The Kier molecular flexibility index (Phi) is 6.15. The fourth-order valence-corrected chi connectivity index (χ4v) is 7.29. The smallest absolute Gasteiger partial charge is 0.326 e. The molecule has 5 atom stereocenters. The van der Waals surface area contributed by atoms with Crippen LogP contribution >= 0.6 is 11.8 Å². The number of anilines is 1. The Balaban J connectivity index is 1.26. The van der Waals surface area contributed by atoms with E-state index in [0.29, 0.717) is 4.91 Å². The number of hydrogen-bond acceptors (Lipinski definition) is 6. The summed E-state index contributed by atoms with van der Waals surface area (Å²) in [6.07, 6.45) is 3.67. The van der Waals surface area contributed by atoms with Gasteiger partial charge in [0.15, 0.2) is 0 Å². The summed E-state index contributed by atoms with van der Waals surface area (Å²) in [4.78, 5) is 29.2. The molecule has 0 bridgehead atoms. The molecule has 2 aromatic carbocycles. The third-order valence-electron chi connectivity index (χ3n) is 7.64. The van der Waals surface area contributed by atoms with E-state index < -0.39 is 0 Å². The first-order valence-electron chi connectivity index (χ1n) is 12.6. The zero-order valence-corrected chi connectivity index (χ0v) is 21.0. The third-order valence-corrected chi connectivity index (χ3v) is 8.99. The number of hydrogen-bond donors (Lipinski definition) is 4. The van der Waals surface area contributed by atoms with Crippen molar-refractivity contribution in [1.29, 1.82) is 0 Å². The maximum absolute atomic E-state index is 13.5. The second-order valence-corrected chi connectivity index (χ2v) is 11.1. The van der Waals surface area contributed by atoms with Crippen LogP contribution in [0.25, 0.3) is 0 Å². The molecule has 3 unspecified atom stereocenters. The van der Waals surface area contributed by atoms with Crippen molar-refractivity contribution in [1.82, 2.24) is 16.0 Å². The molecule has 8 nitrogen and oxygen atoms in total. The van der Waals surface area contributed by atoms with Gasteiger partial charge in [0.25, 0.3) is 5.91 Å². The molecule has 0 spiro atoms. The summed E-state index contributed by atoms with van der Waals surface area (Å²) in [7, 11) is 0. The number of nitrogens with one attached hydrogen (secondary N) is 3. The lowest BCUT2D eigenvalue weighted by molar-refractivity contribution is -0.117. The van der Waals surface area contributed by atoms with Gasteiger partial charge in [-0.2, -0.15) is 0 Å². The van der Waals surface area contributed by atoms with Gasteiger partial charge in [0, 0.05) is 29.4 Å². The van der Waals surface area contributed by atoms with E-state index in [2.05, 4.69) is 16.0 Å². The second-order valence-electron chi connectivity index (χ2n) is 9.96. The van der Waals surface area contributed by atoms with Crippen LogP contribution in [0.2, 0.25) is 0 Å². The number of amides is 3. The lowest BCUT2D eigenvalue weighted by atomic mass is 9.86. The van der Waals surface area contributed by atoms with Crippen LogP contribution < -0.4 is 31.3 Å². The van der Waals surface area contributed by atoms with Crippen LogP contribution in [0.4, 0.5) is 10.5 Å². The monoisotopic (exact) mass is 505 g/mol. The molecule has 0 aromatic heterocycles. The number of urea groups is 1. The molecule has 36 heavy (non-hydrogen) atoms. The maximum atomic E-state index is 13.5. The van der Waals surface area contributed by atoms with Crippen molar-refractivity contribution < 1.29 is 14.3 Å². The van der Waals surface area contributed by atoms with E-state index in [9.17, 15) is 9.59 Å². The number of rotatable bonds is 5. The van der Waals surface area contributed by atoms with E-state index >= 15 is 0 Å². The average molecular weight is 506 g/mol. The molecule has 3 fully saturated rings. The number of piperidine rings is 1. The predicted molar refractivity (Wildman–Crippen MR) is 141 cm³/mol. The van der Waals surface area contributed by atoms with Gasteiger partial charge in [-0.15, -0.1) is 0 Å². The first-order valence-corrected chi connectivity index (χ1v) is 13.5. The van der Waals surface area contributed by atoms with Crippen molar-refractivity contribution in [2.75, 3.05) is 11.4 Å². The number of carbonyl (C=O) groups excluding carboxylic acids is 2. The number of para-hydroxylation sites is 1. The summed E-state index contributed by atoms with van der Waals surface area (Å²) in [6, 6.07) is 15.2. The van der Waals surface area contributed by atoms with Crippen LogP contribution in [0.15, 0.2) is 59.1 Å². The Hall–Kier alpha value is -3.01. The van der Waals surface area contributed by atoms with Gasteiger partial charge >= 0.3 is 6.03 Å². The Morgan fingerprint density at radius 2 is 1.97 bits per heavy atom. The third kappa shape index (κ3) is 4.15. The van der Waals surface area contributed by atoms with Crippen LogP contribution in [-0.2, 0) is 4.79 Å². The number of benzene rings is 2. The van der Waals surface area contributed by atoms with Crippen LogP contribution in [0.1, 0.15) is 31.2 Å². The van der Waals surface area contributed by atoms with Gasteiger partial charge in [0.1, 0.15) is 11.5 Å². The Morgan fingerprint density at radius 1 is 1.14 bits per heavy atom.